The molecule has 0 fully saturated rings. The highest BCUT2D eigenvalue weighted by Crippen LogP contribution is 2.54. The lowest BCUT2D eigenvalue weighted by molar-refractivity contribution is -2.00. The molecule has 2 aromatic carbocycles. The second kappa shape index (κ2) is 13.1. The Morgan fingerprint density at radius 3 is 1.00 bits per heavy atom. The van der Waals surface area contributed by atoms with Crippen LogP contribution in [-0.4, -0.2) is 10.5 Å². The van der Waals surface area contributed by atoms with E-state index >= 15 is 0 Å². The lowest BCUT2D eigenvalue weighted by Crippen LogP contribution is -2.68. The van der Waals surface area contributed by atoms with E-state index in [9.17, 15) is 0 Å². The van der Waals surface area contributed by atoms with Crippen molar-refractivity contribution in [2.75, 3.05) is 0 Å². The first-order valence-electron chi connectivity index (χ1n) is 10.7. The Balaban J connectivity index is 0.000000347. The maximum absolute atomic E-state index is 8.49. The molecule has 5 rings (SSSR count). The molecule has 190 valence electrons. The van der Waals surface area contributed by atoms with Gasteiger partial charge in [-0.2, -0.15) is 0 Å². The van der Waals surface area contributed by atoms with Crippen molar-refractivity contribution in [3.63, 3.8) is 0 Å². The van der Waals surface area contributed by atoms with Crippen LogP contribution in [0.5, 0.6) is 0 Å². The van der Waals surface area contributed by atoms with E-state index < -0.39 is 20.5 Å². The third-order valence-corrected chi connectivity index (χ3v) is 11.4. The molecular formula is C22H28Cl2O8S2. The third-order valence-electron chi connectivity index (χ3n) is 5.35. The van der Waals surface area contributed by atoms with E-state index in [2.05, 4.69) is 62.4 Å². The molecule has 2 bridgehead atoms. The summed E-state index contributed by atoms with van der Waals surface area (Å²) in [6, 6.07) is 18.8. The van der Waals surface area contributed by atoms with Crippen LogP contribution >= 0.6 is 0 Å². The highest BCUT2D eigenvalue weighted by atomic mass is 35.7. The van der Waals surface area contributed by atoms with Gasteiger partial charge in [-0.15, -0.1) is 20.5 Å². The summed E-state index contributed by atoms with van der Waals surface area (Å²) in [6.45, 7) is 4.69. The van der Waals surface area contributed by atoms with Crippen molar-refractivity contribution in [1.82, 2.24) is 0 Å². The predicted molar refractivity (Wildman–Crippen MR) is 107 cm³/mol. The van der Waals surface area contributed by atoms with Gasteiger partial charge >= 0.3 is 0 Å². The Kier molecular flexibility index (Phi) is 11.4. The quantitative estimate of drug-likeness (QED) is 0.332. The van der Waals surface area contributed by atoms with Crippen LogP contribution in [0.2, 0.25) is 0 Å². The normalized spacial score (nSPS) is 22.5. The Morgan fingerprint density at radius 2 is 0.794 bits per heavy atom. The van der Waals surface area contributed by atoms with Crippen LogP contribution in [0.15, 0.2) is 68.1 Å². The number of hydrogen-bond donors (Lipinski definition) is 0. The molecule has 2 aromatic rings. The first-order valence-corrected chi connectivity index (χ1v) is 15.8. The molecule has 0 amide bonds. The number of halogens is 2. The van der Waals surface area contributed by atoms with E-state index in [4.69, 9.17) is 37.3 Å². The van der Waals surface area contributed by atoms with Crippen LogP contribution in [0, 0.1) is 20.5 Å². The fourth-order valence-electron chi connectivity index (χ4n) is 4.24. The van der Waals surface area contributed by atoms with Crippen LogP contribution in [0.4, 0.5) is 0 Å². The Morgan fingerprint density at radius 1 is 0.559 bits per heavy atom. The number of hydrogen-bond acceptors (Lipinski definition) is 8. The van der Waals surface area contributed by atoms with Gasteiger partial charge in [0.25, 0.3) is 0 Å². The second-order valence-electron chi connectivity index (χ2n) is 7.69. The van der Waals surface area contributed by atoms with E-state index in [0.29, 0.717) is 21.8 Å². The van der Waals surface area contributed by atoms with E-state index in [-0.39, 0.29) is 0 Å². The molecule has 34 heavy (non-hydrogen) atoms. The summed E-state index contributed by atoms with van der Waals surface area (Å²) in [4.78, 5) is 6.70. The second-order valence-corrected chi connectivity index (χ2v) is 13.5. The van der Waals surface area contributed by atoms with E-state index in [1.807, 2.05) is 0 Å². The van der Waals surface area contributed by atoms with E-state index in [0.717, 1.165) is 10.5 Å². The van der Waals surface area contributed by atoms with Crippen LogP contribution in [0.3, 0.4) is 0 Å². The van der Waals surface area contributed by atoms with Gasteiger partial charge in [0.15, 0.2) is 10.5 Å². The lowest BCUT2D eigenvalue weighted by Gasteiger charge is -2.36. The average molecular weight is 555 g/mol. The molecule has 3 heterocycles. The molecule has 0 saturated heterocycles. The zero-order valence-corrected chi connectivity index (χ0v) is 22.0. The van der Waals surface area contributed by atoms with Gasteiger partial charge in [0.1, 0.15) is 0 Å². The molecule has 8 nitrogen and oxygen atoms in total. The average Bonchev–Trinajstić information content (AvgIpc) is 2.74. The third kappa shape index (κ3) is 8.81. The molecule has 12 heteroatoms. The molecule has 0 unspecified atom stereocenters. The Hall–Kier alpha value is -0.600. The standard InChI is InChI=1S/C22H28S2.2ClHO4/c1-3-5-11-17-18(12-6-4-2)24-21-15-9-7-13-19(21)23(17)20-14-8-10-16-22(20)24;2*2-1(3,4)5/h7-10,13-18H,3-6,11-12H2,1-2H3;2*(H,2,3,4,5)/q+2;;/p-2/t17-,18+,23?,24?;;. The van der Waals surface area contributed by atoms with Crippen molar-refractivity contribution >= 4 is 21.8 Å². The summed E-state index contributed by atoms with van der Waals surface area (Å²) in [6.07, 6.45) is 8.26. The van der Waals surface area contributed by atoms with Gasteiger partial charge in [-0.25, -0.2) is 37.3 Å². The number of rotatable bonds is 6. The highest BCUT2D eigenvalue weighted by Gasteiger charge is 2.64. The van der Waals surface area contributed by atoms with Crippen molar-refractivity contribution in [1.29, 1.82) is 0 Å². The number of benzene rings is 2. The molecular weight excluding hydrogens is 527 g/mol. The van der Waals surface area contributed by atoms with E-state index in [1.165, 1.54) is 38.5 Å². The topological polar surface area (TPSA) is 184 Å². The predicted octanol–water partition coefficient (Wildman–Crippen LogP) is -3.31. The van der Waals surface area contributed by atoms with Crippen LogP contribution in [0.25, 0.3) is 0 Å². The molecule has 0 N–H and O–H groups in total. The van der Waals surface area contributed by atoms with Crippen molar-refractivity contribution in [3.05, 3.63) is 48.5 Å². The zero-order chi connectivity index (χ0) is 25.5. The van der Waals surface area contributed by atoms with Crippen LogP contribution < -0.4 is 37.3 Å². The van der Waals surface area contributed by atoms with Gasteiger partial charge in [0, 0.05) is 12.8 Å². The summed E-state index contributed by atoms with van der Waals surface area (Å²) >= 11 is 0. The fraction of sp³-hybridized carbons (Fsp3) is 0.455. The summed E-state index contributed by atoms with van der Waals surface area (Å²) in [5, 5.41) is 1.76. The van der Waals surface area contributed by atoms with E-state index in [1.54, 1.807) is 19.6 Å². The monoisotopic (exact) mass is 554 g/mol. The highest BCUT2D eigenvalue weighted by molar-refractivity contribution is 8.06. The van der Waals surface area contributed by atoms with Gasteiger partial charge in [0.2, 0.25) is 19.6 Å². The molecule has 0 aliphatic carbocycles. The molecule has 3 aliphatic rings. The van der Waals surface area contributed by atoms with Gasteiger partial charge < -0.3 is 0 Å². The minimum absolute atomic E-state index is 0.299. The van der Waals surface area contributed by atoms with Crippen molar-refractivity contribution in [2.45, 2.75) is 82.5 Å². The summed E-state index contributed by atoms with van der Waals surface area (Å²) < 4.78 is 67.9. The van der Waals surface area contributed by atoms with Gasteiger partial charge in [-0.05, 0) is 37.1 Å². The minimum atomic E-state index is -4.94. The molecule has 0 radical (unpaired) electrons. The summed E-state index contributed by atoms with van der Waals surface area (Å²) in [7, 11) is -9.29. The fourth-order valence-corrected chi connectivity index (χ4v) is 11.5. The first-order chi connectivity index (χ1) is 15.9. The molecule has 2 atom stereocenters. The van der Waals surface area contributed by atoms with Gasteiger partial charge in [0.05, 0.1) is 21.8 Å². The Labute approximate surface area is 210 Å². The number of fused-ring (bicyclic) bond motifs is 1. The molecule has 0 saturated carbocycles. The summed E-state index contributed by atoms with van der Waals surface area (Å²) in [5.41, 5.74) is 0. The molecule has 0 aromatic heterocycles. The Bertz CT molecular complexity index is 775. The minimum Gasteiger partial charge on any atom is -0.222 e. The van der Waals surface area contributed by atoms with Crippen molar-refractivity contribution in [2.24, 2.45) is 0 Å². The maximum atomic E-state index is 8.49. The largest absolute Gasteiger partial charge is 0.222 e. The van der Waals surface area contributed by atoms with Gasteiger partial charge in [-0.3, -0.25) is 0 Å². The smallest absolute Gasteiger partial charge is 0.216 e. The first kappa shape index (κ1) is 29.6. The van der Waals surface area contributed by atoms with Crippen molar-refractivity contribution in [3.8, 4) is 0 Å². The molecule has 0 spiro atoms. The molecule has 3 aliphatic heterocycles. The van der Waals surface area contributed by atoms with Crippen LogP contribution in [0.1, 0.15) is 52.4 Å². The van der Waals surface area contributed by atoms with Gasteiger partial charge in [-0.1, -0.05) is 51.0 Å². The number of unbranched alkanes of at least 4 members (excludes halogenated alkanes) is 2. The SMILES string of the molecule is CCCC[C@@H]1[C@H](CCCC)[S+]2c3ccccc3[S+]1c1ccccc12.[O-][Cl+3]([O-])([O-])[O-].[O-][Cl+3]([O-])([O-])[O-]. The maximum Gasteiger partial charge on any atom is 0.216 e. The summed E-state index contributed by atoms with van der Waals surface area (Å²) in [5.74, 6) is 0. The zero-order valence-electron chi connectivity index (χ0n) is 18.9. The van der Waals surface area contributed by atoms with Crippen LogP contribution in [-0.2, 0) is 21.8 Å². The van der Waals surface area contributed by atoms with Crippen molar-refractivity contribution < 1.29 is 57.8 Å². The lowest BCUT2D eigenvalue weighted by atomic mass is 10.1.